The SMILES string of the molecule is COc1ccc(C(=O)N2CCC[C@H](c3nc(CC(C)C)no3)C2)cc1. The van der Waals surface area contributed by atoms with Gasteiger partial charge in [-0.05, 0) is 43.0 Å². The van der Waals surface area contributed by atoms with Gasteiger partial charge in [-0.25, -0.2) is 0 Å². The minimum atomic E-state index is 0.0364. The Bertz CT molecular complexity index is 709. The molecule has 1 aliphatic heterocycles. The van der Waals surface area contributed by atoms with Crippen molar-refractivity contribution < 1.29 is 14.1 Å². The molecule has 25 heavy (non-hydrogen) atoms. The lowest BCUT2D eigenvalue weighted by Crippen LogP contribution is -2.39. The summed E-state index contributed by atoms with van der Waals surface area (Å²) < 4.78 is 10.6. The van der Waals surface area contributed by atoms with Gasteiger partial charge in [0, 0.05) is 25.1 Å². The van der Waals surface area contributed by atoms with Crippen molar-refractivity contribution in [2.75, 3.05) is 20.2 Å². The molecule has 6 heteroatoms. The molecule has 1 atom stereocenters. The van der Waals surface area contributed by atoms with Crippen molar-refractivity contribution in [2.24, 2.45) is 5.92 Å². The molecule has 0 N–H and O–H groups in total. The average molecular weight is 343 g/mol. The van der Waals surface area contributed by atoms with Gasteiger partial charge in [-0.15, -0.1) is 0 Å². The number of rotatable bonds is 5. The van der Waals surface area contributed by atoms with Gasteiger partial charge in [0.05, 0.1) is 13.0 Å². The Morgan fingerprint density at radius 1 is 1.36 bits per heavy atom. The minimum absolute atomic E-state index is 0.0364. The highest BCUT2D eigenvalue weighted by Gasteiger charge is 2.29. The van der Waals surface area contributed by atoms with Crippen molar-refractivity contribution in [1.29, 1.82) is 0 Å². The van der Waals surface area contributed by atoms with Crippen LogP contribution in [0.1, 0.15) is 54.7 Å². The van der Waals surface area contributed by atoms with Crippen LogP contribution in [0.5, 0.6) is 5.75 Å². The normalized spacial score (nSPS) is 17.8. The lowest BCUT2D eigenvalue weighted by molar-refractivity contribution is 0.0695. The number of ether oxygens (including phenoxy) is 1. The van der Waals surface area contributed by atoms with Gasteiger partial charge < -0.3 is 14.2 Å². The molecule has 3 rings (SSSR count). The molecule has 134 valence electrons. The molecule has 1 saturated heterocycles. The van der Waals surface area contributed by atoms with Gasteiger partial charge in [0.2, 0.25) is 5.89 Å². The smallest absolute Gasteiger partial charge is 0.253 e. The van der Waals surface area contributed by atoms with Crippen LogP contribution in [-0.2, 0) is 6.42 Å². The minimum Gasteiger partial charge on any atom is -0.497 e. The highest BCUT2D eigenvalue weighted by atomic mass is 16.5. The third kappa shape index (κ3) is 4.18. The van der Waals surface area contributed by atoms with Crippen molar-refractivity contribution in [3.63, 3.8) is 0 Å². The molecule has 0 radical (unpaired) electrons. The Kier molecular flexibility index (Phi) is 5.36. The van der Waals surface area contributed by atoms with Crippen LogP contribution in [0.2, 0.25) is 0 Å². The summed E-state index contributed by atoms with van der Waals surface area (Å²) in [4.78, 5) is 19.2. The zero-order valence-corrected chi connectivity index (χ0v) is 15.1. The number of methoxy groups -OCH3 is 1. The number of carbonyl (C=O) groups is 1. The molecule has 0 spiro atoms. The van der Waals surface area contributed by atoms with Crippen LogP contribution in [-0.4, -0.2) is 41.1 Å². The fourth-order valence-corrected chi connectivity index (χ4v) is 3.16. The maximum atomic E-state index is 12.7. The second kappa shape index (κ2) is 7.68. The second-order valence-electron chi connectivity index (χ2n) is 6.97. The van der Waals surface area contributed by atoms with E-state index in [0.717, 1.165) is 37.4 Å². The van der Waals surface area contributed by atoms with Gasteiger partial charge in [-0.3, -0.25) is 4.79 Å². The molecule has 0 unspecified atom stereocenters. The Morgan fingerprint density at radius 2 is 2.12 bits per heavy atom. The van der Waals surface area contributed by atoms with Crippen LogP contribution >= 0.6 is 0 Å². The van der Waals surface area contributed by atoms with Gasteiger partial charge in [-0.1, -0.05) is 19.0 Å². The zero-order valence-electron chi connectivity index (χ0n) is 15.1. The first kappa shape index (κ1) is 17.5. The fourth-order valence-electron chi connectivity index (χ4n) is 3.16. The van der Waals surface area contributed by atoms with Crippen molar-refractivity contribution in [3.8, 4) is 5.75 Å². The van der Waals surface area contributed by atoms with Crippen LogP contribution in [0.25, 0.3) is 0 Å². The summed E-state index contributed by atoms with van der Waals surface area (Å²) in [5.74, 6) is 2.80. The first-order valence-corrected chi connectivity index (χ1v) is 8.82. The van der Waals surface area contributed by atoms with Gasteiger partial charge >= 0.3 is 0 Å². The highest BCUT2D eigenvalue weighted by Crippen LogP contribution is 2.27. The number of hydrogen-bond acceptors (Lipinski definition) is 5. The number of likely N-dealkylation sites (tertiary alicyclic amines) is 1. The molecule has 2 heterocycles. The quantitative estimate of drug-likeness (QED) is 0.833. The monoisotopic (exact) mass is 343 g/mol. The average Bonchev–Trinajstić information content (AvgIpc) is 3.09. The first-order chi connectivity index (χ1) is 12.1. The van der Waals surface area contributed by atoms with Gasteiger partial charge in [0.25, 0.3) is 5.91 Å². The lowest BCUT2D eigenvalue weighted by atomic mass is 9.97. The summed E-state index contributed by atoms with van der Waals surface area (Å²) in [6, 6.07) is 7.23. The molecular weight excluding hydrogens is 318 g/mol. The molecule has 0 saturated carbocycles. The number of nitrogens with zero attached hydrogens (tertiary/aromatic N) is 3. The van der Waals surface area contributed by atoms with Crippen LogP contribution in [0.15, 0.2) is 28.8 Å². The molecular formula is C19H25N3O3. The molecule has 2 aromatic rings. The van der Waals surface area contributed by atoms with E-state index in [9.17, 15) is 4.79 Å². The molecule has 6 nitrogen and oxygen atoms in total. The zero-order chi connectivity index (χ0) is 17.8. The summed E-state index contributed by atoms with van der Waals surface area (Å²) in [5, 5.41) is 4.08. The number of piperidine rings is 1. The maximum Gasteiger partial charge on any atom is 0.253 e. The Hall–Kier alpha value is -2.37. The highest BCUT2D eigenvalue weighted by molar-refractivity contribution is 5.94. The molecule has 0 bridgehead atoms. The van der Waals surface area contributed by atoms with Crippen LogP contribution in [0, 0.1) is 5.92 Å². The van der Waals surface area contributed by atoms with Gasteiger partial charge in [0.1, 0.15) is 5.75 Å². The number of carbonyl (C=O) groups excluding carboxylic acids is 1. The number of hydrogen-bond donors (Lipinski definition) is 0. The van der Waals surface area contributed by atoms with Crippen molar-refractivity contribution >= 4 is 5.91 Å². The van der Waals surface area contributed by atoms with Crippen LogP contribution in [0.4, 0.5) is 0 Å². The first-order valence-electron chi connectivity index (χ1n) is 8.82. The largest absolute Gasteiger partial charge is 0.497 e. The van der Waals surface area contributed by atoms with E-state index in [0.29, 0.717) is 23.9 Å². The molecule has 1 aliphatic rings. The topological polar surface area (TPSA) is 68.5 Å². The van der Waals surface area contributed by atoms with E-state index in [-0.39, 0.29) is 11.8 Å². The van der Waals surface area contributed by atoms with Crippen molar-refractivity contribution in [1.82, 2.24) is 15.0 Å². The van der Waals surface area contributed by atoms with Gasteiger partial charge in [-0.2, -0.15) is 4.98 Å². The maximum absolute atomic E-state index is 12.7. The van der Waals surface area contributed by atoms with E-state index in [1.165, 1.54) is 0 Å². The molecule has 1 aromatic carbocycles. The Morgan fingerprint density at radius 3 is 2.80 bits per heavy atom. The third-order valence-corrected chi connectivity index (χ3v) is 4.47. The van der Waals surface area contributed by atoms with Crippen molar-refractivity contribution in [2.45, 2.75) is 39.0 Å². The molecule has 1 amide bonds. The van der Waals surface area contributed by atoms with E-state index >= 15 is 0 Å². The predicted molar refractivity (Wildman–Crippen MR) is 93.7 cm³/mol. The van der Waals surface area contributed by atoms with E-state index in [4.69, 9.17) is 9.26 Å². The molecule has 1 fully saturated rings. The van der Waals surface area contributed by atoms with Crippen LogP contribution in [0.3, 0.4) is 0 Å². The van der Waals surface area contributed by atoms with E-state index in [1.54, 1.807) is 19.2 Å². The summed E-state index contributed by atoms with van der Waals surface area (Å²) in [5.41, 5.74) is 0.674. The van der Waals surface area contributed by atoms with Gasteiger partial charge in [0.15, 0.2) is 5.82 Å². The summed E-state index contributed by atoms with van der Waals surface area (Å²) in [6.07, 6.45) is 2.72. The summed E-state index contributed by atoms with van der Waals surface area (Å²) in [7, 11) is 1.62. The summed E-state index contributed by atoms with van der Waals surface area (Å²) in [6.45, 7) is 5.64. The lowest BCUT2D eigenvalue weighted by Gasteiger charge is -2.31. The Labute approximate surface area is 148 Å². The number of amides is 1. The summed E-state index contributed by atoms with van der Waals surface area (Å²) >= 11 is 0. The van der Waals surface area contributed by atoms with E-state index < -0.39 is 0 Å². The van der Waals surface area contributed by atoms with E-state index in [2.05, 4.69) is 24.0 Å². The standard InChI is InChI=1S/C19H25N3O3/c1-13(2)11-17-20-18(25-21-17)15-5-4-10-22(12-15)19(23)14-6-8-16(24-3)9-7-14/h6-9,13,15H,4-5,10-12H2,1-3H3/t15-/m0/s1. The Balaban J connectivity index is 1.67. The van der Waals surface area contributed by atoms with E-state index in [1.807, 2.05) is 17.0 Å². The second-order valence-corrected chi connectivity index (χ2v) is 6.97. The van der Waals surface area contributed by atoms with Crippen LogP contribution < -0.4 is 4.74 Å². The predicted octanol–water partition coefficient (Wildman–Crippen LogP) is 3.30. The third-order valence-electron chi connectivity index (χ3n) is 4.47. The number of benzene rings is 1. The fraction of sp³-hybridized carbons (Fsp3) is 0.526. The molecule has 1 aromatic heterocycles. The number of aromatic nitrogens is 2. The molecule has 0 aliphatic carbocycles. The van der Waals surface area contributed by atoms with Crippen molar-refractivity contribution in [3.05, 3.63) is 41.5 Å².